The number of hydrogen-bond acceptors (Lipinski definition) is 3. The lowest BCUT2D eigenvalue weighted by molar-refractivity contribution is 0.172. The van der Waals surface area contributed by atoms with Crippen molar-refractivity contribution in [2.45, 2.75) is 31.4 Å². The molecule has 0 unspecified atom stereocenters. The number of anilines is 1. The summed E-state index contributed by atoms with van der Waals surface area (Å²) >= 11 is 0. The van der Waals surface area contributed by atoms with E-state index in [1.165, 1.54) is 13.2 Å². The monoisotopic (exact) mass is 225 g/mol. The van der Waals surface area contributed by atoms with E-state index >= 15 is 0 Å². The van der Waals surface area contributed by atoms with Crippen molar-refractivity contribution in [3.05, 3.63) is 24.0 Å². The van der Waals surface area contributed by atoms with E-state index in [0.717, 1.165) is 19.3 Å². The van der Waals surface area contributed by atoms with Gasteiger partial charge < -0.3 is 15.2 Å². The largest absolute Gasteiger partial charge is 0.494 e. The average Bonchev–Trinajstić information content (AvgIpc) is 2.65. The summed E-state index contributed by atoms with van der Waals surface area (Å²) in [6.45, 7) is 0. The number of nitrogens with one attached hydrogen (secondary N) is 1. The van der Waals surface area contributed by atoms with Crippen molar-refractivity contribution < 1.29 is 14.2 Å². The Morgan fingerprint density at radius 2 is 2.25 bits per heavy atom. The number of benzene rings is 1. The third-order valence-electron chi connectivity index (χ3n) is 2.98. The van der Waals surface area contributed by atoms with Crippen LogP contribution in [0.25, 0.3) is 0 Å². The summed E-state index contributed by atoms with van der Waals surface area (Å²) in [5.74, 6) is -0.155. The van der Waals surface area contributed by atoms with Gasteiger partial charge in [0, 0.05) is 11.8 Å². The fourth-order valence-corrected chi connectivity index (χ4v) is 2.08. The van der Waals surface area contributed by atoms with Crippen molar-refractivity contribution >= 4 is 5.69 Å². The first-order valence-corrected chi connectivity index (χ1v) is 5.49. The summed E-state index contributed by atoms with van der Waals surface area (Å²) < 4.78 is 18.2. The highest BCUT2D eigenvalue weighted by Gasteiger charge is 2.24. The highest BCUT2D eigenvalue weighted by molar-refractivity contribution is 5.48. The molecule has 2 rings (SSSR count). The Hall–Kier alpha value is -1.29. The van der Waals surface area contributed by atoms with Crippen molar-refractivity contribution in [1.29, 1.82) is 0 Å². The molecule has 0 aromatic heterocycles. The first kappa shape index (κ1) is 11.2. The van der Waals surface area contributed by atoms with Crippen LogP contribution in [0.2, 0.25) is 0 Å². The van der Waals surface area contributed by atoms with Crippen LogP contribution in [0.4, 0.5) is 10.1 Å². The molecule has 1 fully saturated rings. The Kier molecular flexibility index (Phi) is 3.29. The Labute approximate surface area is 94.2 Å². The minimum Gasteiger partial charge on any atom is -0.494 e. The lowest BCUT2D eigenvalue weighted by atomic mass is 10.2. The lowest BCUT2D eigenvalue weighted by Crippen LogP contribution is -2.27. The Morgan fingerprint density at radius 1 is 1.44 bits per heavy atom. The molecule has 1 aromatic carbocycles. The zero-order valence-electron chi connectivity index (χ0n) is 9.24. The first-order valence-electron chi connectivity index (χ1n) is 5.49. The summed E-state index contributed by atoms with van der Waals surface area (Å²) in [6.07, 6.45) is 2.42. The molecule has 0 radical (unpaired) electrons. The molecule has 2 atom stereocenters. The van der Waals surface area contributed by atoms with Crippen LogP contribution in [0.15, 0.2) is 18.2 Å². The van der Waals surface area contributed by atoms with E-state index in [4.69, 9.17) is 4.74 Å². The zero-order chi connectivity index (χ0) is 11.5. The number of hydrogen-bond donors (Lipinski definition) is 2. The van der Waals surface area contributed by atoms with E-state index in [0.29, 0.717) is 5.69 Å². The van der Waals surface area contributed by atoms with Gasteiger partial charge in [0.2, 0.25) is 0 Å². The lowest BCUT2D eigenvalue weighted by Gasteiger charge is -2.18. The van der Waals surface area contributed by atoms with Crippen molar-refractivity contribution in [3.8, 4) is 5.75 Å². The molecule has 0 spiro atoms. The SMILES string of the molecule is COc1ccc(N[C@@H]2CCC[C@H]2O)cc1F. The van der Waals surface area contributed by atoms with Gasteiger partial charge in [-0.15, -0.1) is 0 Å². The fraction of sp³-hybridized carbons (Fsp3) is 0.500. The third kappa shape index (κ3) is 2.27. The summed E-state index contributed by atoms with van der Waals surface area (Å²) in [5, 5.41) is 12.8. The van der Waals surface area contributed by atoms with E-state index in [2.05, 4.69) is 5.32 Å². The van der Waals surface area contributed by atoms with Gasteiger partial charge in [0.05, 0.1) is 19.3 Å². The van der Waals surface area contributed by atoms with Gasteiger partial charge in [-0.05, 0) is 31.4 Å². The maximum absolute atomic E-state index is 13.4. The summed E-state index contributed by atoms with van der Waals surface area (Å²) in [7, 11) is 1.44. The predicted octanol–water partition coefficient (Wildman–Crippen LogP) is 2.16. The van der Waals surface area contributed by atoms with Gasteiger partial charge in [-0.2, -0.15) is 0 Å². The number of halogens is 1. The normalized spacial score (nSPS) is 24.4. The summed E-state index contributed by atoms with van der Waals surface area (Å²) in [4.78, 5) is 0. The molecule has 4 heteroatoms. The van der Waals surface area contributed by atoms with Crippen LogP contribution in [0, 0.1) is 5.82 Å². The highest BCUT2D eigenvalue weighted by Crippen LogP contribution is 2.25. The number of ether oxygens (including phenoxy) is 1. The molecule has 88 valence electrons. The van der Waals surface area contributed by atoms with Crippen LogP contribution < -0.4 is 10.1 Å². The number of rotatable bonds is 3. The molecule has 16 heavy (non-hydrogen) atoms. The molecule has 1 aliphatic carbocycles. The van der Waals surface area contributed by atoms with Crippen LogP contribution in [0.5, 0.6) is 5.75 Å². The maximum atomic E-state index is 13.4. The number of methoxy groups -OCH3 is 1. The molecule has 2 N–H and O–H groups in total. The second-order valence-corrected chi connectivity index (χ2v) is 4.10. The van der Waals surface area contributed by atoms with Crippen LogP contribution in [-0.4, -0.2) is 24.4 Å². The molecule has 0 heterocycles. The Balaban J connectivity index is 2.07. The third-order valence-corrected chi connectivity index (χ3v) is 2.98. The van der Waals surface area contributed by atoms with Crippen molar-refractivity contribution in [3.63, 3.8) is 0 Å². The molecule has 0 amide bonds. The second-order valence-electron chi connectivity index (χ2n) is 4.10. The molecular formula is C12H16FNO2. The first-order chi connectivity index (χ1) is 7.70. The van der Waals surface area contributed by atoms with Gasteiger partial charge >= 0.3 is 0 Å². The molecule has 0 aliphatic heterocycles. The molecule has 1 aliphatic rings. The molecular weight excluding hydrogens is 209 g/mol. The van der Waals surface area contributed by atoms with Crippen LogP contribution >= 0.6 is 0 Å². The molecule has 0 saturated heterocycles. The van der Waals surface area contributed by atoms with Gasteiger partial charge in [-0.25, -0.2) is 4.39 Å². The zero-order valence-corrected chi connectivity index (χ0v) is 9.24. The fourth-order valence-electron chi connectivity index (χ4n) is 2.08. The van der Waals surface area contributed by atoms with Gasteiger partial charge in [-0.1, -0.05) is 0 Å². The predicted molar refractivity (Wildman–Crippen MR) is 60.2 cm³/mol. The Bertz CT molecular complexity index is 370. The van der Waals surface area contributed by atoms with Gasteiger partial charge in [0.25, 0.3) is 0 Å². The highest BCUT2D eigenvalue weighted by atomic mass is 19.1. The average molecular weight is 225 g/mol. The van der Waals surface area contributed by atoms with Gasteiger partial charge in [-0.3, -0.25) is 0 Å². The summed E-state index contributed by atoms with van der Waals surface area (Å²) in [5.41, 5.74) is 0.684. The Morgan fingerprint density at radius 3 is 2.81 bits per heavy atom. The molecule has 1 saturated carbocycles. The minimum absolute atomic E-state index is 0.0350. The molecule has 0 bridgehead atoms. The van der Waals surface area contributed by atoms with Crippen molar-refractivity contribution in [2.24, 2.45) is 0 Å². The standard InChI is InChI=1S/C12H16FNO2/c1-16-12-6-5-8(7-9(12)13)14-10-3-2-4-11(10)15/h5-7,10-11,14-15H,2-4H2,1H3/t10-,11-/m1/s1. The molecule has 1 aromatic rings. The van der Waals surface area contributed by atoms with Crippen LogP contribution in [-0.2, 0) is 0 Å². The van der Waals surface area contributed by atoms with E-state index in [1.807, 2.05) is 0 Å². The number of aliphatic hydroxyl groups is 1. The van der Waals surface area contributed by atoms with E-state index in [-0.39, 0.29) is 23.7 Å². The maximum Gasteiger partial charge on any atom is 0.167 e. The van der Waals surface area contributed by atoms with Crippen molar-refractivity contribution in [2.75, 3.05) is 12.4 Å². The van der Waals surface area contributed by atoms with E-state index in [1.54, 1.807) is 12.1 Å². The van der Waals surface area contributed by atoms with E-state index in [9.17, 15) is 9.50 Å². The minimum atomic E-state index is -0.389. The topological polar surface area (TPSA) is 41.5 Å². The summed E-state index contributed by atoms with van der Waals surface area (Å²) in [6, 6.07) is 4.77. The molecule has 3 nitrogen and oxygen atoms in total. The van der Waals surface area contributed by atoms with Gasteiger partial charge in [0.1, 0.15) is 0 Å². The van der Waals surface area contributed by atoms with Gasteiger partial charge in [0.15, 0.2) is 11.6 Å². The second kappa shape index (κ2) is 4.70. The smallest absolute Gasteiger partial charge is 0.167 e. The van der Waals surface area contributed by atoms with Crippen molar-refractivity contribution in [1.82, 2.24) is 0 Å². The number of aliphatic hydroxyl groups excluding tert-OH is 1. The van der Waals surface area contributed by atoms with E-state index < -0.39 is 0 Å². The quantitative estimate of drug-likeness (QED) is 0.828. The van der Waals surface area contributed by atoms with Crippen LogP contribution in [0.1, 0.15) is 19.3 Å². The van der Waals surface area contributed by atoms with Crippen LogP contribution in [0.3, 0.4) is 0 Å².